The molecule has 3 heteroatoms. The van der Waals surface area contributed by atoms with E-state index in [0.29, 0.717) is 0 Å². The topological polar surface area (TPSA) is 35.5 Å². The van der Waals surface area contributed by atoms with Gasteiger partial charge in [-0.3, -0.25) is 0 Å². The first-order valence-corrected chi connectivity index (χ1v) is 5.74. The number of carbonyl (C=O) groups excluding carboxylic acids is 1. The summed E-state index contributed by atoms with van der Waals surface area (Å²) in [4.78, 5) is 11.6. The standard InChI is InChI=1S/C14H16O3/c1-10-3-6-12(14(15)17-10)9-11-4-7-13(16-2)8-5-11/h4-5,7-10H,3,6H2,1-2H3/b12-9+. The first-order valence-electron chi connectivity index (χ1n) is 5.74. The summed E-state index contributed by atoms with van der Waals surface area (Å²) >= 11 is 0. The summed E-state index contributed by atoms with van der Waals surface area (Å²) in [5.41, 5.74) is 1.74. The Hall–Kier alpha value is -1.77. The predicted molar refractivity (Wildman–Crippen MR) is 65.8 cm³/mol. The van der Waals surface area contributed by atoms with Gasteiger partial charge in [0.2, 0.25) is 0 Å². The molecule has 1 aliphatic rings. The van der Waals surface area contributed by atoms with Crippen molar-refractivity contribution in [2.75, 3.05) is 7.11 Å². The highest BCUT2D eigenvalue weighted by Crippen LogP contribution is 2.22. The molecule has 0 aromatic heterocycles. The number of benzene rings is 1. The van der Waals surface area contributed by atoms with Crippen LogP contribution in [-0.4, -0.2) is 19.2 Å². The summed E-state index contributed by atoms with van der Waals surface area (Å²) in [6, 6.07) is 7.61. The van der Waals surface area contributed by atoms with E-state index in [0.717, 1.165) is 29.7 Å². The van der Waals surface area contributed by atoms with Crippen LogP contribution in [0.3, 0.4) is 0 Å². The van der Waals surface area contributed by atoms with Gasteiger partial charge in [-0.25, -0.2) is 4.79 Å². The number of cyclic esters (lactones) is 1. The van der Waals surface area contributed by atoms with Crippen molar-refractivity contribution in [2.24, 2.45) is 0 Å². The van der Waals surface area contributed by atoms with Crippen LogP contribution in [0, 0.1) is 0 Å². The Morgan fingerprint density at radius 1 is 1.35 bits per heavy atom. The van der Waals surface area contributed by atoms with E-state index in [1.165, 1.54) is 0 Å². The van der Waals surface area contributed by atoms with E-state index in [1.54, 1.807) is 7.11 Å². The molecule has 0 spiro atoms. The molecule has 1 atom stereocenters. The molecule has 0 saturated carbocycles. The quantitative estimate of drug-likeness (QED) is 0.581. The zero-order valence-corrected chi connectivity index (χ0v) is 10.1. The van der Waals surface area contributed by atoms with Gasteiger partial charge >= 0.3 is 5.97 Å². The number of ether oxygens (including phenoxy) is 2. The van der Waals surface area contributed by atoms with Crippen LogP contribution < -0.4 is 4.74 Å². The first kappa shape index (κ1) is 11.7. The molecule has 3 nitrogen and oxygen atoms in total. The number of carbonyl (C=O) groups is 1. The Balaban J connectivity index is 2.15. The highest BCUT2D eigenvalue weighted by atomic mass is 16.5. The van der Waals surface area contributed by atoms with Gasteiger partial charge in [0, 0.05) is 5.57 Å². The Labute approximate surface area is 101 Å². The van der Waals surface area contributed by atoms with Crippen LogP contribution in [-0.2, 0) is 9.53 Å². The van der Waals surface area contributed by atoms with Crippen LogP contribution in [0.15, 0.2) is 29.8 Å². The van der Waals surface area contributed by atoms with E-state index in [2.05, 4.69) is 0 Å². The van der Waals surface area contributed by atoms with Gasteiger partial charge in [0.1, 0.15) is 5.75 Å². The zero-order valence-electron chi connectivity index (χ0n) is 10.1. The van der Waals surface area contributed by atoms with Gasteiger partial charge in [-0.2, -0.15) is 0 Å². The van der Waals surface area contributed by atoms with Crippen molar-refractivity contribution in [3.8, 4) is 5.75 Å². The SMILES string of the molecule is COc1ccc(/C=C2\CCC(C)OC2=O)cc1. The van der Waals surface area contributed by atoms with Gasteiger partial charge < -0.3 is 9.47 Å². The summed E-state index contributed by atoms with van der Waals surface area (Å²) in [5.74, 6) is 0.617. The molecule has 1 aromatic rings. The predicted octanol–water partition coefficient (Wildman–Crippen LogP) is 2.80. The molecule has 0 amide bonds. The van der Waals surface area contributed by atoms with E-state index in [4.69, 9.17) is 9.47 Å². The van der Waals surface area contributed by atoms with Crippen molar-refractivity contribution < 1.29 is 14.3 Å². The minimum Gasteiger partial charge on any atom is -0.497 e. The van der Waals surface area contributed by atoms with Crippen molar-refractivity contribution in [3.05, 3.63) is 35.4 Å². The van der Waals surface area contributed by atoms with Gasteiger partial charge in [0.15, 0.2) is 0 Å². The molecule has 17 heavy (non-hydrogen) atoms. The first-order chi connectivity index (χ1) is 8.19. The van der Waals surface area contributed by atoms with Crippen LogP contribution in [0.25, 0.3) is 6.08 Å². The zero-order chi connectivity index (χ0) is 12.3. The number of rotatable bonds is 2. The summed E-state index contributed by atoms with van der Waals surface area (Å²) in [6.07, 6.45) is 3.60. The molecular weight excluding hydrogens is 216 g/mol. The highest BCUT2D eigenvalue weighted by Gasteiger charge is 2.21. The largest absolute Gasteiger partial charge is 0.497 e. The van der Waals surface area contributed by atoms with Crippen molar-refractivity contribution in [1.29, 1.82) is 0 Å². The average molecular weight is 232 g/mol. The third-order valence-electron chi connectivity index (χ3n) is 2.85. The number of methoxy groups -OCH3 is 1. The fourth-order valence-electron chi connectivity index (χ4n) is 1.81. The molecule has 90 valence electrons. The van der Waals surface area contributed by atoms with Gasteiger partial charge in [-0.1, -0.05) is 12.1 Å². The third-order valence-corrected chi connectivity index (χ3v) is 2.85. The fourth-order valence-corrected chi connectivity index (χ4v) is 1.81. The third kappa shape index (κ3) is 2.87. The lowest BCUT2D eigenvalue weighted by Crippen LogP contribution is -2.22. The molecule has 0 bridgehead atoms. The van der Waals surface area contributed by atoms with E-state index in [-0.39, 0.29) is 12.1 Å². The van der Waals surface area contributed by atoms with Crippen molar-refractivity contribution in [3.63, 3.8) is 0 Å². The molecule has 0 N–H and O–H groups in total. The normalized spacial score (nSPS) is 22.4. The Morgan fingerprint density at radius 3 is 2.65 bits per heavy atom. The summed E-state index contributed by atoms with van der Waals surface area (Å²) < 4.78 is 10.3. The maximum atomic E-state index is 11.6. The van der Waals surface area contributed by atoms with Crippen molar-refractivity contribution in [1.82, 2.24) is 0 Å². The Morgan fingerprint density at radius 2 is 2.06 bits per heavy atom. The molecule has 0 radical (unpaired) electrons. The lowest BCUT2D eigenvalue weighted by molar-refractivity contribution is -0.146. The second-order valence-electron chi connectivity index (χ2n) is 4.20. The van der Waals surface area contributed by atoms with Crippen molar-refractivity contribution >= 4 is 12.0 Å². The minimum atomic E-state index is -0.195. The Kier molecular flexibility index (Phi) is 3.47. The Bertz CT molecular complexity index is 431. The van der Waals surface area contributed by atoms with Crippen LogP contribution in [0.4, 0.5) is 0 Å². The number of hydrogen-bond acceptors (Lipinski definition) is 3. The van der Waals surface area contributed by atoms with E-state index >= 15 is 0 Å². The average Bonchev–Trinajstić information content (AvgIpc) is 2.34. The molecule has 1 fully saturated rings. The summed E-state index contributed by atoms with van der Waals surface area (Å²) in [7, 11) is 1.63. The molecule has 1 unspecified atom stereocenters. The maximum absolute atomic E-state index is 11.6. The maximum Gasteiger partial charge on any atom is 0.334 e. The number of esters is 1. The smallest absolute Gasteiger partial charge is 0.334 e. The second kappa shape index (κ2) is 5.04. The molecular formula is C14H16O3. The monoisotopic (exact) mass is 232 g/mol. The van der Waals surface area contributed by atoms with Gasteiger partial charge in [0.05, 0.1) is 13.2 Å². The molecule has 2 rings (SSSR count). The highest BCUT2D eigenvalue weighted by molar-refractivity contribution is 5.94. The van der Waals surface area contributed by atoms with Crippen LogP contribution in [0.1, 0.15) is 25.3 Å². The molecule has 0 aliphatic carbocycles. The fraction of sp³-hybridized carbons (Fsp3) is 0.357. The van der Waals surface area contributed by atoms with Crippen LogP contribution in [0.2, 0.25) is 0 Å². The van der Waals surface area contributed by atoms with Gasteiger partial charge in [-0.15, -0.1) is 0 Å². The molecule has 1 aliphatic heterocycles. The van der Waals surface area contributed by atoms with E-state index < -0.39 is 0 Å². The van der Waals surface area contributed by atoms with E-state index in [1.807, 2.05) is 37.3 Å². The van der Waals surface area contributed by atoms with Gasteiger partial charge in [-0.05, 0) is 43.5 Å². The molecule has 1 aromatic carbocycles. The van der Waals surface area contributed by atoms with E-state index in [9.17, 15) is 4.79 Å². The van der Waals surface area contributed by atoms with Crippen LogP contribution in [0.5, 0.6) is 5.75 Å². The summed E-state index contributed by atoms with van der Waals surface area (Å²) in [5, 5.41) is 0. The summed E-state index contributed by atoms with van der Waals surface area (Å²) in [6.45, 7) is 1.92. The second-order valence-corrected chi connectivity index (χ2v) is 4.20. The lowest BCUT2D eigenvalue weighted by Gasteiger charge is -2.20. The lowest BCUT2D eigenvalue weighted by atomic mass is 10.0. The minimum absolute atomic E-state index is 0.0375. The van der Waals surface area contributed by atoms with Gasteiger partial charge in [0.25, 0.3) is 0 Å². The number of hydrogen-bond donors (Lipinski definition) is 0. The van der Waals surface area contributed by atoms with Crippen molar-refractivity contribution in [2.45, 2.75) is 25.9 Å². The molecule has 1 saturated heterocycles. The molecule has 1 heterocycles. The van der Waals surface area contributed by atoms with Crippen LogP contribution >= 0.6 is 0 Å².